The quantitative estimate of drug-likeness (QED) is 0.756. The highest BCUT2D eigenvalue weighted by atomic mass is 16.3. The largest absolute Gasteiger partial charge is 0.472 e. The number of β-amino-alcohol motifs (C(OH)–C–C–N with tert-alkyl or cyclic N) is 1. The van der Waals surface area contributed by atoms with Crippen LogP contribution in [0.3, 0.4) is 0 Å². The van der Waals surface area contributed by atoms with Gasteiger partial charge in [0, 0.05) is 25.7 Å². The number of likely N-dealkylation sites (N-methyl/N-ethyl adjacent to an activating group) is 1. The fourth-order valence-electron chi connectivity index (χ4n) is 1.91. The van der Waals surface area contributed by atoms with Crippen LogP contribution in [0.5, 0.6) is 0 Å². The molecule has 0 aromatic carbocycles. The summed E-state index contributed by atoms with van der Waals surface area (Å²) < 4.78 is 4.94. The van der Waals surface area contributed by atoms with Crippen LogP contribution in [0.25, 0.3) is 0 Å². The Kier molecular flexibility index (Phi) is 3.26. The van der Waals surface area contributed by atoms with Gasteiger partial charge in [-0.15, -0.1) is 0 Å². The number of furan rings is 1. The summed E-state index contributed by atoms with van der Waals surface area (Å²) in [6, 6.07) is 1.58. The van der Waals surface area contributed by atoms with Gasteiger partial charge in [0.05, 0.1) is 24.7 Å². The van der Waals surface area contributed by atoms with Crippen molar-refractivity contribution in [2.75, 3.05) is 13.6 Å². The van der Waals surface area contributed by atoms with Crippen molar-refractivity contribution in [3.05, 3.63) is 24.2 Å². The number of hydrogen-bond donors (Lipinski definition) is 2. The van der Waals surface area contributed by atoms with Gasteiger partial charge in [0.1, 0.15) is 0 Å². The standard InChI is InChI=1S/C11H16N2O3/c1-13(6-8-2-3-16-7-8)11(15)10-4-9(14)5-12-10/h2-3,7,9-10,12,14H,4-6H2,1H3. The zero-order valence-electron chi connectivity index (χ0n) is 9.22. The second-order valence-electron chi connectivity index (χ2n) is 4.18. The van der Waals surface area contributed by atoms with Gasteiger partial charge in [0.2, 0.25) is 5.91 Å². The summed E-state index contributed by atoms with van der Waals surface area (Å²) in [5, 5.41) is 12.3. The number of nitrogens with one attached hydrogen (secondary N) is 1. The van der Waals surface area contributed by atoms with Crippen LogP contribution in [0.1, 0.15) is 12.0 Å². The predicted octanol–water partition coefficient (Wildman–Crippen LogP) is -0.0392. The molecule has 5 heteroatoms. The van der Waals surface area contributed by atoms with Crippen LogP contribution < -0.4 is 5.32 Å². The van der Waals surface area contributed by atoms with Crippen molar-refractivity contribution in [2.24, 2.45) is 0 Å². The Labute approximate surface area is 94.0 Å². The Balaban J connectivity index is 1.89. The monoisotopic (exact) mass is 224 g/mol. The Morgan fingerprint density at radius 3 is 3.12 bits per heavy atom. The number of carbonyl (C=O) groups excluding carboxylic acids is 1. The van der Waals surface area contributed by atoms with Crippen molar-refractivity contribution in [1.82, 2.24) is 10.2 Å². The average Bonchev–Trinajstić information content (AvgIpc) is 2.88. The summed E-state index contributed by atoms with van der Waals surface area (Å²) in [6.07, 6.45) is 3.30. The van der Waals surface area contributed by atoms with Crippen LogP contribution >= 0.6 is 0 Å². The van der Waals surface area contributed by atoms with Gasteiger partial charge in [0.25, 0.3) is 0 Å². The molecule has 2 atom stereocenters. The van der Waals surface area contributed by atoms with E-state index >= 15 is 0 Å². The Bertz CT molecular complexity index is 350. The third-order valence-electron chi connectivity index (χ3n) is 2.78. The SMILES string of the molecule is CN(Cc1ccoc1)C(=O)C1CC(O)CN1. The molecule has 0 aliphatic carbocycles. The fourth-order valence-corrected chi connectivity index (χ4v) is 1.91. The number of rotatable bonds is 3. The Hall–Kier alpha value is -1.33. The van der Waals surface area contributed by atoms with E-state index in [1.165, 1.54) is 0 Å². The number of aliphatic hydroxyl groups is 1. The van der Waals surface area contributed by atoms with Gasteiger partial charge in [-0.05, 0) is 12.5 Å². The van der Waals surface area contributed by atoms with Gasteiger partial charge in [0.15, 0.2) is 0 Å². The molecule has 2 rings (SSSR count). The van der Waals surface area contributed by atoms with Crippen LogP contribution in [-0.4, -0.2) is 41.7 Å². The molecule has 2 heterocycles. The highest BCUT2D eigenvalue weighted by Crippen LogP contribution is 2.11. The molecule has 1 aromatic heterocycles. The van der Waals surface area contributed by atoms with Gasteiger partial charge in [-0.25, -0.2) is 0 Å². The van der Waals surface area contributed by atoms with Gasteiger partial charge in [-0.2, -0.15) is 0 Å². The molecule has 16 heavy (non-hydrogen) atoms. The summed E-state index contributed by atoms with van der Waals surface area (Å²) in [6.45, 7) is 1.03. The van der Waals surface area contributed by atoms with Crippen molar-refractivity contribution < 1.29 is 14.3 Å². The number of aliphatic hydroxyl groups excluding tert-OH is 1. The second kappa shape index (κ2) is 4.67. The molecule has 0 bridgehead atoms. The van der Waals surface area contributed by atoms with Crippen LogP contribution in [-0.2, 0) is 11.3 Å². The van der Waals surface area contributed by atoms with E-state index in [1.807, 2.05) is 6.07 Å². The summed E-state index contributed by atoms with van der Waals surface area (Å²) in [7, 11) is 1.75. The molecular formula is C11H16N2O3. The van der Waals surface area contributed by atoms with Gasteiger partial charge in [-0.1, -0.05) is 0 Å². The molecule has 2 N–H and O–H groups in total. The Morgan fingerprint density at radius 2 is 2.56 bits per heavy atom. The van der Waals surface area contributed by atoms with E-state index in [1.54, 1.807) is 24.5 Å². The molecular weight excluding hydrogens is 208 g/mol. The number of hydrogen-bond acceptors (Lipinski definition) is 4. The van der Waals surface area contributed by atoms with Crippen LogP contribution in [0.4, 0.5) is 0 Å². The maximum Gasteiger partial charge on any atom is 0.239 e. The number of carbonyl (C=O) groups is 1. The van der Waals surface area contributed by atoms with Crippen molar-refractivity contribution in [3.8, 4) is 0 Å². The molecule has 1 aliphatic rings. The third-order valence-corrected chi connectivity index (χ3v) is 2.78. The van der Waals surface area contributed by atoms with Crippen LogP contribution in [0, 0.1) is 0 Å². The average molecular weight is 224 g/mol. The predicted molar refractivity (Wildman–Crippen MR) is 57.6 cm³/mol. The molecule has 88 valence electrons. The van der Waals surface area contributed by atoms with E-state index < -0.39 is 6.10 Å². The lowest BCUT2D eigenvalue weighted by Crippen LogP contribution is -2.41. The van der Waals surface area contributed by atoms with E-state index in [2.05, 4.69) is 5.32 Å². The minimum absolute atomic E-state index is 0.0118. The normalized spacial score (nSPS) is 24.6. The first kappa shape index (κ1) is 11.2. The van der Waals surface area contributed by atoms with E-state index in [0.29, 0.717) is 19.5 Å². The van der Waals surface area contributed by atoms with Gasteiger partial charge in [-0.3, -0.25) is 4.79 Å². The molecule has 0 radical (unpaired) electrons. The molecule has 5 nitrogen and oxygen atoms in total. The van der Waals surface area contributed by atoms with Crippen molar-refractivity contribution in [3.63, 3.8) is 0 Å². The van der Waals surface area contributed by atoms with Crippen LogP contribution in [0.15, 0.2) is 23.0 Å². The van der Waals surface area contributed by atoms with Gasteiger partial charge >= 0.3 is 0 Å². The minimum atomic E-state index is -0.406. The topological polar surface area (TPSA) is 65.7 Å². The molecule has 1 aliphatic heterocycles. The highest BCUT2D eigenvalue weighted by Gasteiger charge is 2.29. The zero-order valence-corrected chi connectivity index (χ0v) is 9.22. The fraction of sp³-hybridized carbons (Fsp3) is 0.545. The first-order valence-corrected chi connectivity index (χ1v) is 5.34. The van der Waals surface area contributed by atoms with E-state index in [-0.39, 0.29) is 11.9 Å². The summed E-state index contributed by atoms with van der Waals surface area (Å²) in [5.74, 6) is 0.0118. The third kappa shape index (κ3) is 2.43. The van der Waals surface area contributed by atoms with Crippen molar-refractivity contribution >= 4 is 5.91 Å². The van der Waals surface area contributed by atoms with Crippen molar-refractivity contribution in [2.45, 2.75) is 25.1 Å². The lowest BCUT2D eigenvalue weighted by molar-refractivity contribution is -0.132. The number of nitrogens with zero attached hydrogens (tertiary/aromatic N) is 1. The Morgan fingerprint density at radius 1 is 1.75 bits per heavy atom. The lowest BCUT2D eigenvalue weighted by Gasteiger charge is -2.20. The number of amides is 1. The van der Waals surface area contributed by atoms with Gasteiger partial charge < -0.3 is 19.7 Å². The molecule has 1 fully saturated rings. The smallest absolute Gasteiger partial charge is 0.239 e. The van der Waals surface area contributed by atoms with Crippen LogP contribution in [0.2, 0.25) is 0 Å². The maximum absolute atomic E-state index is 11.9. The van der Waals surface area contributed by atoms with E-state index in [0.717, 1.165) is 5.56 Å². The minimum Gasteiger partial charge on any atom is -0.472 e. The first-order valence-electron chi connectivity index (χ1n) is 5.34. The summed E-state index contributed by atoms with van der Waals surface area (Å²) >= 11 is 0. The molecule has 2 unspecified atom stereocenters. The lowest BCUT2D eigenvalue weighted by atomic mass is 10.2. The summed E-state index contributed by atoms with van der Waals surface area (Å²) in [4.78, 5) is 13.6. The summed E-state index contributed by atoms with van der Waals surface area (Å²) in [5.41, 5.74) is 0.967. The maximum atomic E-state index is 11.9. The molecule has 0 spiro atoms. The van der Waals surface area contributed by atoms with Crippen molar-refractivity contribution in [1.29, 1.82) is 0 Å². The molecule has 1 aromatic rings. The molecule has 0 saturated carbocycles. The molecule has 1 amide bonds. The molecule has 1 saturated heterocycles. The van der Waals surface area contributed by atoms with E-state index in [4.69, 9.17) is 4.42 Å². The zero-order chi connectivity index (χ0) is 11.5. The highest BCUT2D eigenvalue weighted by molar-refractivity contribution is 5.82. The van der Waals surface area contributed by atoms with E-state index in [9.17, 15) is 9.90 Å². The second-order valence-corrected chi connectivity index (χ2v) is 4.18. The first-order chi connectivity index (χ1) is 7.66.